The molecule has 0 atom stereocenters. The molecule has 148 valence electrons. The van der Waals surface area contributed by atoms with Gasteiger partial charge in [-0.05, 0) is 49.1 Å². The standard InChI is InChI=1S/C26H23BO3/c1-3-10-20(28-19-11-5-4-6-12-19)17-25-18(2)27-21-13-7-8-14-22(21)29-23-15-9-16-24(30-25)26(23)27/h4-9,11-17H,3,10H2,1-2H3/b20-17+. The van der Waals surface area contributed by atoms with E-state index in [9.17, 15) is 0 Å². The van der Waals surface area contributed by atoms with Crippen molar-refractivity contribution in [1.82, 2.24) is 0 Å². The third-order valence-corrected chi connectivity index (χ3v) is 5.59. The molecule has 3 aromatic rings. The van der Waals surface area contributed by atoms with Gasteiger partial charge in [0.1, 0.15) is 34.5 Å². The van der Waals surface area contributed by atoms with Gasteiger partial charge in [-0.25, -0.2) is 0 Å². The van der Waals surface area contributed by atoms with E-state index in [4.69, 9.17) is 14.2 Å². The molecular weight excluding hydrogens is 371 g/mol. The molecule has 0 fully saturated rings. The molecule has 0 aliphatic carbocycles. The first-order valence-electron chi connectivity index (χ1n) is 10.5. The normalized spacial score (nSPS) is 14.5. The maximum Gasteiger partial charge on any atom is 0.255 e. The molecule has 5 rings (SSSR count). The lowest BCUT2D eigenvalue weighted by Crippen LogP contribution is -2.50. The van der Waals surface area contributed by atoms with Crippen molar-refractivity contribution in [3.63, 3.8) is 0 Å². The van der Waals surface area contributed by atoms with Gasteiger partial charge in [0.2, 0.25) is 0 Å². The van der Waals surface area contributed by atoms with Crippen molar-refractivity contribution in [2.24, 2.45) is 0 Å². The topological polar surface area (TPSA) is 27.7 Å². The van der Waals surface area contributed by atoms with Gasteiger partial charge in [0.25, 0.3) is 6.71 Å². The second kappa shape index (κ2) is 7.79. The van der Waals surface area contributed by atoms with Crippen LogP contribution in [-0.4, -0.2) is 6.71 Å². The Morgan fingerprint density at radius 2 is 1.57 bits per heavy atom. The quantitative estimate of drug-likeness (QED) is 0.430. The Balaban J connectivity index is 1.60. The largest absolute Gasteiger partial charge is 0.462 e. The second-order valence-electron chi connectivity index (χ2n) is 7.67. The lowest BCUT2D eigenvalue weighted by Gasteiger charge is -2.32. The van der Waals surface area contributed by atoms with E-state index >= 15 is 0 Å². The maximum atomic E-state index is 6.36. The molecule has 2 heterocycles. The van der Waals surface area contributed by atoms with Gasteiger partial charge in [-0.1, -0.05) is 54.9 Å². The van der Waals surface area contributed by atoms with Crippen LogP contribution < -0.4 is 25.1 Å². The van der Waals surface area contributed by atoms with E-state index in [0.29, 0.717) is 0 Å². The molecule has 3 aromatic carbocycles. The molecule has 2 aliphatic heterocycles. The minimum absolute atomic E-state index is 0.112. The third kappa shape index (κ3) is 3.28. The fraction of sp³-hybridized carbons (Fsp3) is 0.154. The molecule has 0 bridgehead atoms. The highest BCUT2D eigenvalue weighted by molar-refractivity contribution is 6.93. The molecule has 2 aliphatic rings. The predicted octanol–water partition coefficient (Wildman–Crippen LogP) is 5.37. The number of fused-ring (bicyclic) bond motifs is 2. The van der Waals surface area contributed by atoms with Crippen LogP contribution in [0.25, 0.3) is 0 Å². The monoisotopic (exact) mass is 394 g/mol. The molecule has 0 spiro atoms. The van der Waals surface area contributed by atoms with Crippen LogP contribution in [0.3, 0.4) is 0 Å². The molecule has 0 saturated carbocycles. The molecular formula is C26H23BO3. The van der Waals surface area contributed by atoms with E-state index < -0.39 is 0 Å². The Morgan fingerprint density at radius 1 is 0.867 bits per heavy atom. The van der Waals surface area contributed by atoms with Crippen molar-refractivity contribution in [2.75, 3.05) is 0 Å². The number of para-hydroxylation sites is 2. The molecule has 0 radical (unpaired) electrons. The fourth-order valence-corrected chi connectivity index (χ4v) is 4.19. The Kier molecular flexibility index (Phi) is 4.84. The van der Waals surface area contributed by atoms with Crippen LogP contribution in [0.15, 0.2) is 95.9 Å². The molecule has 4 heteroatoms. The summed E-state index contributed by atoms with van der Waals surface area (Å²) in [5.41, 5.74) is 3.44. The smallest absolute Gasteiger partial charge is 0.255 e. The highest BCUT2D eigenvalue weighted by atomic mass is 16.5. The number of allylic oxidation sites excluding steroid dienone is 3. The van der Waals surface area contributed by atoms with Crippen LogP contribution in [0.2, 0.25) is 0 Å². The van der Waals surface area contributed by atoms with E-state index in [1.807, 2.05) is 60.7 Å². The number of hydrogen-bond donors (Lipinski definition) is 0. The van der Waals surface area contributed by atoms with Crippen LogP contribution in [0.5, 0.6) is 23.0 Å². The molecule has 30 heavy (non-hydrogen) atoms. The van der Waals surface area contributed by atoms with E-state index in [0.717, 1.165) is 58.3 Å². The molecule has 0 saturated heterocycles. The summed E-state index contributed by atoms with van der Waals surface area (Å²) in [7, 11) is 0. The summed E-state index contributed by atoms with van der Waals surface area (Å²) in [5, 5.41) is 0. The van der Waals surface area contributed by atoms with Crippen molar-refractivity contribution in [3.8, 4) is 23.0 Å². The summed E-state index contributed by atoms with van der Waals surface area (Å²) in [6, 6.07) is 24.2. The van der Waals surface area contributed by atoms with Crippen molar-refractivity contribution < 1.29 is 14.2 Å². The van der Waals surface area contributed by atoms with Crippen molar-refractivity contribution >= 4 is 17.6 Å². The third-order valence-electron chi connectivity index (χ3n) is 5.59. The van der Waals surface area contributed by atoms with Gasteiger partial charge in [-0.3, -0.25) is 0 Å². The summed E-state index contributed by atoms with van der Waals surface area (Å²) in [5.74, 6) is 5.21. The highest BCUT2D eigenvalue weighted by Crippen LogP contribution is 2.35. The average Bonchev–Trinajstić information content (AvgIpc) is 2.77. The van der Waals surface area contributed by atoms with E-state index in [1.165, 1.54) is 5.46 Å². The molecule has 0 unspecified atom stereocenters. The van der Waals surface area contributed by atoms with Crippen molar-refractivity contribution in [2.45, 2.75) is 26.7 Å². The van der Waals surface area contributed by atoms with Crippen LogP contribution in [0.1, 0.15) is 26.7 Å². The lowest BCUT2D eigenvalue weighted by atomic mass is 9.34. The number of rotatable bonds is 5. The zero-order valence-electron chi connectivity index (χ0n) is 17.2. The molecule has 0 aromatic heterocycles. The van der Waals surface area contributed by atoms with Gasteiger partial charge < -0.3 is 14.2 Å². The van der Waals surface area contributed by atoms with E-state index in [2.05, 4.69) is 32.1 Å². The number of benzene rings is 3. The summed E-state index contributed by atoms with van der Waals surface area (Å²) in [6.07, 6.45) is 3.89. The molecule has 0 N–H and O–H groups in total. The maximum absolute atomic E-state index is 6.36. The van der Waals surface area contributed by atoms with Gasteiger partial charge in [0.05, 0.1) is 0 Å². The highest BCUT2D eigenvalue weighted by Gasteiger charge is 2.39. The van der Waals surface area contributed by atoms with Gasteiger partial charge in [-0.2, -0.15) is 0 Å². The minimum Gasteiger partial charge on any atom is -0.462 e. The first kappa shape index (κ1) is 18.6. The first-order valence-corrected chi connectivity index (χ1v) is 10.5. The summed E-state index contributed by atoms with van der Waals surface area (Å²) < 4.78 is 18.7. The summed E-state index contributed by atoms with van der Waals surface area (Å²) in [6.45, 7) is 4.41. The Hall–Kier alpha value is -3.40. The fourth-order valence-electron chi connectivity index (χ4n) is 4.19. The Labute approximate surface area is 177 Å². The zero-order valence-corrected chi connectivity index (χ0v) is 17.2. The van der Waals surface area contributed by atoms with Crippen LogP contribution in [0.4, 0.5) is 0 Å². The number of ether oxygens (including phenoxy) is 3. The van der Waals surface area contributed by atoms with E-state index in [1.54, 1.807) is 0 Å². The summed E-state index contributed by atoms with van der Waals surface area (Å²) >= 11 is 0. The van der Waals surface area contributed by atoms with Gasteiger partial charge in [0, 0.05) is 18.0 Å². The average molecular weight is 394 g/mol. The Morgan fingerprint density at radius 3 is 2.37 bits per heavy atom. The van der Waals surface area contributed by atoms with Crippen LogP contribution in [0, 0.1) is 0 Å². The predicted molar refractivity (Wildman–Crippen MR) is 121 cm³/mol. The lowest BCUT2D eigenvalue weighted by molar-refractivity contribution is 0.387. The van der Waals surface area contributed by atoms with Crippen molar-refractivity contribution in [1.29, 1.82) is 0 Å². The minimum atomic E-state index is 0.112. The van der Waals surface area contributed by atoms with Crippen LogP contribution >= 0.6 is 0 Å². The van der Waals surface area contributed by atoms with E-state index in [-0.39, 0.29) is 6.71 Å². The van der Waals surface area contributed by atoms with Gasteiger partial charge in [-0.15, -0.1) is 0 Å². The van der Waals surface area contributed by atoms with Gasteiger partial charge >= 0.3 is 0 Å². The SMILES string of the molecule is CCC/C(=C\C1=C(C)B2c3ccccc3Oc3cccc(c32)O1)Oc1ccccc1. The summed E-state index contributed by atoms with van der Waals surface area (Å²) in [4.78, 5) is 0. The Bertz CT molecular complexity index is 1150. The zero-order chi connectivity index (χ0) is 20.5. The number of hydrogen-bond acceptors (Lipinski definition) is 3. The van der Waals surface area contributed by atoms with Gasteiger partial charge in [0.15, 0.2) is 0 Å². The molecule has 0 amide bonds. The molecule has 3 nitrogen and oxygen atoms in total. The second-order valence-corrected chi connectivity index (χ2v) is 7.67. The first-order chi connectivity index (χ1) is 14.7. The van der Waals surface area contributed by atoms with Crippen molar-refractivity contribution in [3.05, 3.63) is 95.9 Å². The van der Waals surface area contributed by atoms with Crippen LogP contribution in [-0.2, 0) is 0 Å².